The summed E-state index contributed by atoms with van der Waals surface area (Å²) < 4.78 is 1.13. The highest BCUT2D eigenvalue weighted by Crippen LogP contribution is 2.30. The molecule has 1 aromatic carbocycles. The number of anilines is 2. The van der Waals surface area contributed by atoms with Gasteiger partial charge < -0.3 is 15.7 Å². The van der Waals surface area contributed by atoms with Gasteiger partial charge in [0.15, 0.2) is 5.13 Å². The number of nitrogens with zero attached hydrogens (tertiary/aromatic N) is 4. The van der Waals surface area contributed by atoms with E-state index >= 15 is 0 Å². The average molecular weight is 447 g/mol. The van der Waals surface area contributed by atoms with Crippen LogP contribution in [0.5, 0.6) is 0 Å². The lowest BCUT2D eigenvalue weighted by Gasteiger charge is -2.27. The molecule has 32 heavy (non-hydrogen) atoms. The molecule has 0 saturated heterocycles. The van der Waals surface area contributed by atoms with Gasteiger partial charge in [0.1, 0.15) is 5.82 Å². The number of hydrogen-bond donors (Lipinski definition) is 3. The predicted molar refractivity (Wildman–Crippen MR) is 129 cm³/mol. The number of aliphatic hydroxyl groups is 1. The maximum absolute atomic E-state index is 10.2. The Morgan fingerprint density at radius 2 is 2.03 bits per heavy atom. The van der Waals surface area contributed by atoms with Gasteiger partial charge in [0.25, 0.3) is 0 Å². The standard InChI is InChI=1S/C24H26N6OS/c1-15-17(5-4-10-26-15)20-13-25-14-23(28-20)27-12-16-8-9-19-22(11-16)32-24(30-19)29-18-6-2-3-7-21(18)31/h4-5,8-11,13-14,18,21,31H,2-3,6-7,12H2,1H3,(H,27,28)(H,29,30)/t18?,21-/m1/s1. The van der Waals surface area contributed by atoms with E-state index in [1.807, 2.05) is 25.1 Å². The summed E-state index contributed by atoms with van der Waals surface area (Å²) in [5.74, 6) is 0.726. The molecule has 0 bridgehead atoms. The van der Waals surface area contributed by atoms with Crippen LogP contribution >= 0.6 is 11.3 Å². The molecule has 1 aliphatic carbocycles. The third-order valence-corrected chi connectivity index (χ3v) is 6.83. The Hall–Kier alpha value is -3.10. The number of aliphatic hydroxyl groups excluding tert-OH is 1. The zero-order chi connectivity index (χ0) is 21.9. The van der Waals surface area contributed by atoms with Gasteiger partial charge in [-0.05, 0) is 49.6 Å². The number of aryl methyl sites for hydroxylation is 1. The van der Waals surface area contributed by atoms with Crippen molar-refractivity contribution in [2.24, 2.45) is 0 Å². The van der Waals surface area contributed by atoms with Crippen molar-refractivity contribution >= 4 is 32.5 Å². The fraction of sp³-hybridized carbons (Fsp3) is 0.333. The second-order valence-electron chi connectivity index (χ2n) is 8.20. The molecule has 3 heterocycles. The Balaban J connectivity index is 1.28. The van der Waals surface area contributed by atoms with Gasteiger partial charge in [-0.15, -0.1) is 0 Å². The number of fused-ring (bicyclic) bond motifs is 1. The number of aromatic nitrogens is 4. The van der Waals surface area contributed by atoms with E-state index in [0.717, 1.165) is 69.4 Å². The van der Waals surface area contributed by atoms with Crippen molar-refractivity contribution in [3.8, 4) is 11.3 Å². The minimum atomic E-state index is -0.289. The van der Waals surface area contributed by atoms with E-state index in [-0.39, 0.29) is 12.1 Å². The van der Waals surface area contributed by atoms with E-state index in [1.54, 1.807) is 29.9 Å². The summed E-state index contributed by atoms with van der Waals surface area (Å²) >= 11 is 1.63. The van der Waals surface area contributed by atoms with Crippen LogP contribution in [0.4, 0.5) is 10.9 Å². The Morgan fingerprint density at radius 1 is 1.12 bits per heavy atom. The van der Waals surface area contributed by atoms with Crippen LogP contribution in [0.25, 0.3) is 21.5 Å². The van der Waals surface area contributed by atoms with Crippen molar-refractivity contribution in [3.05, 3.63) is 60.2 Å². The van der Waals surface area contributed by atoms with E-state index < -0.39 is 0 Å². The smallest absolute Gasteiger partial charge is 0.184 e. The van der Waals surface area contributed by atoms with E-state index in [0.29, 0.717) is 6.54 Å². The summed E-state index contributed by atoms with van der Waals surface area (Å²) in [5, 5.41) is 17.9. The maximum atomic E-state index is 10.2. The lowest BCUT2D eigenvalue weighted by atomic mass is 9.93. The molecule has 1 saturated carbocycles. The first-order valence-corrected chi connectivity index (χ1v) is 11.8. The van der Waals surface area contributed by atoms with Crippen LogP contribution in [-0.2, 0) is 6.54 Å². The van der Waals surface area contributed by atoms with E-state index in [1.165, 1.54) is 0 Å². The summed E-state index contributed by atoms with van der Waals surface area (Å²) in [6, 6.07) is 10.3. The molecule has 2 atom stereocenters. The van der Waals surface area contributed by atoms with Crippen LogP contribution in [0, 0.1) is 6.92 Å². The second kappa shape index (κ2) is 9.18. The SMILES string of the molecule is Cc1ncccc1-c1cncc(NCc2ccc3nc(NC4CCCC[C@H]4O)sc3c2)n1. The highest BCUT2D eigenvalue weighted by molar-refractivity contribution is 7.22. The van der Waals surface area contributed by atoms with Crippen molar-refractivity contribution in [1.82, 2.24) is 19.9 Å². The molecule has 164 valence electrons. The molecule has 3 N–H and O–H groups in total. The van der Waals surface area contributed by atoms with Crippen molar-refractivity contribution in [1.29, 1.82) is 0 Å². The molecule has 0 spiro atoms. The average Bonchev–Trinajstić information content (AvgIpc) is 3.21. The van der Waals surface area contributed by atoms with Crippen LogP contribution in [-0.4, -0.2) is 37.2 Å². The third-order valence-electron chi connectivity index (χ3n) is 5.88. The summed E-state index contributed by atoms with van der Waals surface area (Å²) in [4.78, 5) is 18.1. The molecule has 0 amide bonds. The first-order valence-electron chi connectivity index (χ1n) is 11.0. The zero-order valence-corrected chi connectivity index (χ0v) is 18.8. The van der Waals surface area contributed by atoms with Gasteiger partial charge in [-0.1, -0.05) is 30.2 Å². The topological polar surface area (TPSA) is 95.9 Å². The lowest BCUT2D eigenvalue weighted by Crippen LogP contribution is -2.36. The number of rotatable bonds is 6. The summed E-state index contributed by atoms with van der Waals surface area (Å²) in [5.41, 5.74) is 4.84. The number of benzene rings is 1. The fourth-order valence-electron chi connectivity index (χ4n) is 4.11. The van der Waals surface area contributed by atoms with E-state index in [4.69, 9.17) is 9.97 Å². The number of thiazole rings is 1. The molecule has 1 fully saturated rings. The predicted octanol–water partition coefficient (Wildman–Crippen LogP) is 4.78. The normalized spacial score (nSPS) is 18.6. The number of nitrogens with one attached hydrogen (secondary N) is 2. The molecular formula is C24H26N6OS. The van der Waals surface area contributed by atoms with Gasteiger partial charge in [-0.2, -0.15) is 0 Å². The summed E-state index contributed by atoms with van der Waals surface area (Å²) in [6.07, 6.45) is 9.09. The lowest BCUT2D eigenvalue weighted by molar-refractivity contribution is 0.116. The highest BCUT2D eigenvalue weighted by atomic mass is 32.1. The monoisotopic (exact) mass is 446 g/mol. The van der Waals surface area contributed by atoms with Crippen LogP contribution in [0.3, 0.4) is 0 Å². The molecule has 4 aromatic rings. The molecule has 0 aliphatic heterocycles. The minimum absolute atomic E-state index is 0.0970. The van der Waals surface area contributed by atoms with Crippen molar-refractivity contribution in [2.75, 3.05) is 10.6 Å². The van der Waals surface area contributed by atoms with Crippen molar-refractivity contribution in [3.63, 3.8) is 0 Å². The first kappa shape index (κ1) is 20.8. The van der Waals surface area contributed by atoms with Crippen molar-refractivity contribution < 1.29 is 5.11 Å². The molecule has 5 rings (SSSR count). The number of hydrogen-bond acceptors (Lipinski definition) is 8. The molecule has 1 aliphatic rings. The van der Waals surface area contributed by atoms with Gasteiger partial charge in [0.2, 0.25) is 0 Å². The summed E-state index contributed by atoms with van der Waals surface area (Å²) in [7, 11) is 0. The van der Waals surface area contributed by atoms with Gasteiger partial charge in [0, 0.05) is 24.0 Å². The third kappa shape index (κ3) is 4.56. The van der Waals surface area contributed by atoms with Crippen LogP contribution in [0.2, 0.25) is 0 Å². The Bertz CT molecular complexity index is 1230. The van der Waals surface area contributed by atoms with Crippen LogP contribution < -0.4 is 10.6 Å². The van der Waals surface area contributed by atoms with Gasteiger partial charge >= 0.3 is 0 Å². The number of pyridine rings is 1. The largest absolute Gasteiger partial charge is 0.391 e. The zero-order valence-electron chi connectivity index (χ0n) is 18.0. The molecule has 7 nitrogen and oxygen atoms in total. The van der Waals surface area contributed by atoms with Gasteiger partial charge in [-0.25, -0.2) is 9.97 Å². The Kier molecular flexibility index (Phi) is 5.96. The first-order chi connectivity index (χ1) is 15.7. The highest BCUT2D eigenvalue weighted by Gasteiger charge is 2.23. The molecule has 0 radical (unpaired) electrons. The molecule has 8 heteroatoms. The fourth-order valence-corrected chi connectivity index (χ4v) is 5.10. The van der Waals surface area contributed by atoms with Crippen LogP contribution in [0.1, 0.15) is 36.9 Å². The van der Waals surface area contributed by atoms with E-state index in [2.05, 4.69) is 32.7 Å². The Morgan fingerprint density at radius 3 is 2.91 bits per heavy atom. The molecule has 1 unspecified atom stereocenters. The van der Waals surface area contributed by atoms with Crippen LogP contribution in [0.15, 0.2) is 48.9 Å². The maximum Gasteiger partial charge on any atom is 0.184 e. The van der Waals surface area contributed by atoms with Crippen molar-refractivity contribution in [2.45, 2.75) is 51.3 Å². The summed E-state index contributed by atoms with van der Waals surface area (Å²) in [6.45, 7) is 2.61. The second-order valence-corrected chi connectivity index (χ2v) is 9.23. The van der Waals surface area contributed by atoms with E-state index in [9.17, 15) is 5.11 Å². The van der Waals surface area contributed by atoms with Gasteiger partial charge in [-0.3, -0.25) is 9.97 Å². The quantitative estimate of drug-likeness (QED) is 0.392. The molecule has 3 aromatic heterocycles. The van der Waals surface area contributed by atoms with Gasteiger partial charge in [0.05, 0.1) is 40.5 Å². The Labute approximate surface area is 191 Å². The molecular weight excluding hydrogens is 420 g/mol. The minimum Gasteiger partial charge on any atom is -0.391 e.